The fraction of sp³-hybridized carbons (Fsp3) is 0.111. The van der Waals surface area contributed by atoms with Crippen LogP contribution >= 0.6 is 0 Å². The molecule has 0 aliphatic rings. The third-order valence-electron chi connectivity index (χ3n) is 5.24. The lowest BCUT2D eigenvalue weighted by Crippen LogP contribution is -2.46. The molecule has 1 heterocycles. The lowest BCUT2D eigenvalue weighted by Gasteiger charge is -2.21. The van der Waals surface area contributed by atoms with Crippen molar-refractivity contribution in [1.82, 2.24) is 5.32 Å². The number of rotatable bonds is 8. The Hall–Kier alpha value is -4.52. The minimum Gasteiger partial charge on any atom is -0.459 e. The molecule has 0 aliphatic carbocycles. The monoisotopic (exact) mass is 452 g/mol. The maximum Gasteiger partial charge on any atom is 0.288 e. The second-order valence-electron chi connectivity index (χ2n) is 7.74. The van der Waals surface area contributed by atoms with Gasteiger partial charge in [0.05, 0.1) is 17.6 Å². The molecule has 0 fully saturated rings. The molecular formula is C27H24N4O3. The molecule has 1 amide bonds. The average molecular weight is 453 g/mol. The van der Waals surface area contributed by atoms with Gasteiger partial charge in [-0.15, -0.1) is 0 Å². The van der Waals surface area contributed by atoms with Gasteiger partial charge in [-0.3, -0.25) is 9.59 Å². The van der Waals surface area contributed by atoms with Crippen molar-refractivity contribution in [3.8, 4) is 0 Å². The quantitative estimate of drug-likeness (QED) is 0.185. The van der Waals surface area contributed by atoms with Crippen molar-refractivity contribution in [3.63, 3.8) is 0 Å². The lowest BCUT2D eigenvalue weighted by atomic mass is 10.1. The van der Waals surface area contributed by atoms with E-state index in [0.29, 0.717) is 16.9 Å². The van der Waals surface area contributed by atoms with Crippen LogP contribution < -0.4 is 10.6 Å². The van der Waals surface area contributed by atoms with E-state index in [1.165, 1.54) is 6.26 Å². The van der Waals surface area contributed by atoms with Gasteiger partial charge in [-0.25, -0.2) is 0 Å². The van der Waals surface area contributed by atoms with Gasteiger partial charge in [-0.05, 0) is 61.4 Å². The summed E-state index contributed by atoms with van der Waals surface area (Å²) in [5.74, 6) is -0.646. The Morgan fingerprint density at radius 3 is 2.29 bits per heavy atom. The topological polar surface area (TPSA) is 96.1 Å². The molecule has 170 valence electrons. The van der Waals surface area contributed by atoms with Gasteiger partial charge in [-0.1, -0.05) is 48.5 Å². The molecule has 4 rings (SSSR count). The molecule has 0 saturated heterocycles. The van der Waals surface area contributed by atoms with Crippen LogP contribution in [0.5, 0.6) is 0 Å². The van der Waals surface area contributed by atoms with E-state index in [2.05, 4.69) is 20.9 Å². The molecule has 4 aromatic rings. The van der Waals surface area contributed by atoms with E-state index in [1.807, 2.05) is 56.3 Å². The van der Waals surface area contributed by atoms with E-state index in [0.717, 1.165) is 16.8 Å². The van der Waals surface area contributed by atoms with Crippen molar-refractivity contribution in [2.24, 2.45) is 10.2 Å². The molecule has 34 heavy (non-hydrogen) atoms. The van der Waals surface area contributed by atoms with Crippen LogP contribution in [0.2, 0.25) is 0 Å². The van der Waals surface area contributed by atoms with Gasteiger partial charge in [0.2, 0.25) is 5.78 Å². The number of hydrogen-bond donors (Lipinski definition) is 2. The van der Waals surface area contributed by atoms with E-state index in [1.54, 1.807) is 42.5 Å². The van der Waals surface area contributed by atoms with Crippen LogP contribution in [0.3, 0.4) is 0 Å². The zero-order valence-electron chi connectivity index (χ0n) is 18.9. The van der Waals surface area contributed by atoms with Crippen molar-refractivity contribution < 1.29 is 14.0 Å². The summed E-state index contributed by atoms with van der Waals surface area (Å²) < 4.78 is 5.17. The molecule has 0 radical (unpaired) electrons. The Morgan fingerprint density at radius 2 is 1.59 bits per heavy atom. The second kappa shape index (κ2) is 10.4. The number of nitrogens with zero attached hydrogens (tertiary/aromatic N) is 2. The molecular weight excluding hydrogens is 428 g/mol. The first-order valence-electron chi connectivity index (χ1n) is 10.8. The van der Waals surface area contributed by atoms with Crippen LogP contribution in [0, 0.1) is 13.8 Å². The van der Waals surface area contributed by atoms with Crippen LogP contribution in [0.1, 0.15) is 32.0 Å². The van der Waals surface area contributed by atoms with E-state index >= 15 is 0 Å². The second-order valence-corrected chi connectivity index (χ2v) is 7.74. The summed E-state index contributed by atoms with van der Waals surface area (Å²) in [6.45, 7) is 3.88. The van der Waals surface area contributed by atoms with Crippen LogP contribution in [-0.2, 0) is 0 Å². The van der Waals surface area contributed by atoms with Crippen molar-refractivity contribution in [1.29, 1.82) is 0 Å². The van der Waals surface area contributed by atoms with Gasteiger partial charge in [0.1, 0.15) is 0 Å². The SMILES string of the molecule is Cc1ccccc1N=Nc1ccc(NC(NC(=O)c2ccco2)C(=O)c2ccccc2)c(C)c1. The average Bonchev–Trinajstić information content (AvgIpc) is 3.40. The van der Waals surface area contributed by atoms with Gasteiger partial charge >= 0.3 is 0 Å². The van der Waals surface area contributed by atoms with Crippen LogP contribution in [0.25, 0.3) is 0 Å². The first-order chi connectivity index (χ1) is 16.5. The number of aryl methyl sites for hydroxylation is 2. The number of carbonyl (C=O) groups excluding carboxylic acids is 2. The molecule has 1 atom stereocenters. The number of furan rings is 1. The summed E-state index contributed by atoms with van der Waals surface area (Å²) in [6.07, 6.45) is 0.406. The Kier molecular flexibility index (Phi) is 6.93. The number of ketones is 1. The first kappa shape index (κ1) is 22.7. The van der Waals surface area contributed by atoms with Gasteiger partial charge in [0.15, 0.2) is 11.9 Å². The number of anilines is 1. The normalized spacial score (nSPS) is 11.8. The molecule has 3 aromatic carbocycles. The van der Waals surface area contributed by atoms with Gasteiger partial charge in [-0.2, -0.15) is 10.2 Å². The highest BCUT2D eigenvalue weighted by atomic mass is 16.3. The molecule has 0 bridgehead atoms. The lowest BCUT2D eigenvalue weighted by molar-refractivity contribution is 0.0852. The molecule has 0 saturated carbocycles. The highest BCUT2D eigenvalue weighted by Crippen LogP contribution is 2.26. The Morgan fingerprint density at radius 1 is 0.824 bits per heavy atom. The summed E-state index contributed by atoms with van der Waals surface area (Å²) in [5.41, 5.74) is 4.52. The zero-order chi connectivity index (χ0) is 23.9. The predicted molar refractivity (Wildman–Crippen MR) is 131 cm³/mol. The van der Waals surface area contributed by atoms with Gasteiger partial charge < -0.3 is 15.1 Å². The third kappa shape index (κ3) is 5.45. The minimum atomic E-state index is -1.00. The van der Waals surface area contributed by atoms with E-state index < -0.39 is 12.1 Å². The molecule has 7 heteroatoms. The van der Waals surface area contributed by atoms with Crippen molar-refractivity contribution >= 4 is 28.8 Å². The molecule has 0 spiro atoms. The maximum atomic E-state index is 13.2. The number of Topliss-reactive ketones (excluding diaryl/α,β-unsaturated/α-hetero) is 1. The van der Waals surface area contributed by atoms with Crippen molar-refractivity contribution in [3.05, 3.63) is 114 Å². The van der Waals surface area contributed by atoms with Crippen LogP contribution in [0.4, 0.5) is 17.1 Å². The Labute approximate surface area is 197 Å². The molecule has 7 nitrogen and oxygen atoms in total. The van der Waals surface area contributed by atoms with Gasteiger partial charge in [0.25, 0.3) is 5.91 Å². The van der Waals surface area contributed by atoms with E-state index in [9.17, 15) is 9.59 Å². The molecule has 0 aliphatic heterocycles. The maximum absolute atomic E-state index is 13.2. The fourth-order valence-electron chi connectivity index (χ4n) is 3.36. The summed E-state index contributed by atoms with van der Waals surface area (Å²) in [7, 11) is 0. The first-order valence-corrected chi connectivity index (χ1v) is 10.8. The summed E-state index contributed by atoms with van der Waals surface area (Å²) >= 11 is 0. The summed E-state index contributed by atoms with van der Waals surface area (Å²) in [6, 6.07) is 25.2. The smallest absolute Gasteiger partial charge is 0.288 e. The van der Waals surface area contributed by atoms with E-state index in [-0.39, 0.29) is 11.5 Å². The summed E-state index contributed by atoms with van der Waals surface area (Å²) in [4.78, 5) is 25.8. The predicted octanol–water partition coefficient (Wildman–Crippen LogP) is 6.36. The molecule has 1 aromatic heterocycles. The number of carbonyl (C=O) groups is 2. The highest BCUT2D eigenvalue weighted by molar-refractivity contribution is 6.04. The third-order valence-corrected chi connectivity index (χ3v) is 5.24. The largest absolute Gasteiger partial charge is 0.459 e. The number of nitrogens with one attached hydrogen (secondary N) is 2. The van der Waals surface area contributed by atoms with Crippen LogP contribution in [-0.4, -0.2) is 17.9 Å². The molecule has 1 unspecified atom stereocenters. The Balaban J connectivity index is 1.56. The summed E-state index contributed by atoms with van der Waals surface area (Å²) in [5, 5.41) is 14.5. The van der Waals surface area contributed by atoms with Gasteiger partial charge in [0, 0.05) is 11.3 Å². The Bertz CT molecular complexity index is 1310. The number of hydrogen-bond acceptors (Lipinski definition) is 6. The zero-order valence-corrected chi connectivity index (χ0v) is 18.9. The standard InChI is InChI=1S/C27H24N4O3/c1-18-9-6-7-12-23(18)31-30-21-14-15-22(19(2)17-21)28-26(25(32)20-10-4-3-5-11-20)29-27(33)24-13-8-16-34-24/h3-17,26,28H,1-2H3,(H,29,33). The number of amides is 1. The van der Waals surface area contributed by atoms with Crippen molar-refractivity contribution in [2.45, 2.75) is 20.0 Å². The minimum absolute atomic E-state index is 0.122. The van der Waals surface area contributed by atoms with E-state index in [4.69, 9.17) is 4.42 Å². The highest BCUT2D eigenvalue weighted by Gasteiger charge is 2.24. The number of azo groups is 1. The fourth-order valence-corrected chi connectivity index (χ4v) is 3.36. The number of benzene rings is 3. The van der Waals surface area contributed by atoms with Crippen molar-refractivity contribution in [2.75, 3.05) is 5.32 Å². The van der Waals surface area contributed by atoms with Crippen LogP contribution in [0.15, 0.2) is 106 Å². The molecule has 2 N–H and O–H groups in total.